The van der Waals surface area contributed by atoms with Crippen molar-refractivity contribution in [3.63, 3.8) is 0 Å². The second-order valence-electron chi connectivity index (χ2n) is 8.30. The molecule has 1 aliphatic heterocycles. The molecule has 5 rings (SSSR count). The fraction of sp³-hybridized carbons (Fsp3) is 0.231. The summed E-state index contributed by atoms with van der Waals surface area (Å²) in [5.41, 5.74) is 3.90. The Hall–Kier alpha value is -4.20. The quantitative estimate of drug-likeness (QED) is 0.442. The lowest BCUT2D eigenvalue weighted by molar-refractivity contribution is 0.0705. The van der Waals surface area contributed by atoms with Gasteiger partial charge in [0, 0.05) is 54.9 Å². The van der Waals surface area contributed by atoms with E-state index in [0.717, 1.165) is 35.4 Å². The van der Waals surface area contributed by atoms with Crippen LogP contribution in [0.15, 0.2) is 73.7 Å². The van der Waals surface area contributed by atoms with E-state index in [0.29, 0.717) is 30.2 Å². The van der Waals surface area contributed by atoms with Gasteiger partial charge in [-0.05, 0) is 43.5 Å². The summed E-state index contributed by atoms with van der Waals surface area (Å²) in [6, 6.07) is 11.3. The van der Waals surface area contributed by atoms with E-state index in [-0.39, 0.29) is 11.8 Å². The molecule has 1 amide bonds. The van der Waals surface area contributed by atoms with Gasteiger partial charge in [0.25, 0.3) is 5.91 Å². The van der Waals surface area contributed by atoms with Crippen molar-refractivity contribution in [3.8, 4) is 22.9 Å². The van der Waals surface area contributed by atoms with Crippen molar-refractivity contribution >= 4 is 5.91 Å². The van der Waals surface area contributed by atoms with Gasteiger partial charge in [-0.25, -0.2) is 15.0 Å². The number of amides is 1. The molecule has 1 aliphatic rings. The number of hydrogen-bond acceptors (Lipinski definition) is 7. The highest BCUT2D eigenvalue weighted by Crippen LogP contribution is 2.29. The van der Waals surface area contributed by atoms with Crippen LogP contribution in [-0.2, 0) is 0 Å². The lowest BCUT2D eigenvalue weighted by Gasteiger charge is -2.32. The van der Waals surface area contributed by atoms with E-state index in [1.165, 1.54) is 6.33 Å². The highest BCUT2D eigenvalue weighted by atomic mass is 16.5. The van der Waals surface area contributed by atoms with Crippen LogP contribution >= 0.6 is 0 Å². The zero-order valence-corrected chi connectivity index (χ0v) is 18.8. The fourth-order valence-electron chi connectivity index (χ4n) is 4.13. The molecule has 0 unspecified atom stereocenters. The van der Waals surface area contributed by atoms with Crippen molar-refractivity contribution in [2.24, 2.45) is 0 Å². The molecule has 0 bridgehead atoms. The first-order valence-corrected chi connectivity index (χ1v) is 11.2. The molecule has 1 fully saturated rings. The highest BCUT2D eigenvalue weighted by Gasteiger charge is 2.27. The van der Waals surface area contributed by atoms with Gasteiger partial charge in [0.2, 0.25) is 5.88 Å². The van der Waals surface area contributed by atoms with E-state index in [1.54, 1.807) is 43.1 Å². The predicted octanol–water partition coefficient (Wildman–Crippen LogP) is 4.45. The lowest BCUT2D eigenvalue weighted by Crippen LogP contribution is -2.39. The van der Waals surface area contributed by atoms with Crippen LogP contribution in [0.25, 0.3) is 11.3 Å². The third-order valence-corrected chi connectivity index (χ3v) is 5.93. The van der Waals surface area contributed by atoms with Crippen LogP contribution in [-0.4, -0.2) is 48.8 Å². The summed E-state index contributed by atoms with van der Waals surface area (Å²) >= 11 is 0. The van der Waals surface area contributed by atoms with Crippen LogP contribution in [0.5, 0.6) is 11.6 Å². The number of benzene rings is 1. The molecule has 8 nitrogen and oxygen atoms in total. The van der Waals surface area contributed by atoms with Crippen molar-refractivity contribution < 1.29 is 9.53 Å². The number of likely N-dealkylation sites (tertiary alicyclic amines) is 1. The molecule has 4 heterocycles. The van der Waals surface area contributed by atoms with E-state index in [9.17, 15) is 4.79 Å². The monoisotopic (exact) mass is 452 g/mol. The van der Waals surface area contributed by atoms with Gasteiger partial charge in [-0.15, -0.1) is 0 Å². The van der Waals surface area contributed by atoms with Crippen molar-refractivity contribution in [1.29, 1.82) is 0 Å². The summed E-state index contributed by atoms with van der Waals surface area (Å²) in [6.07, 6.45) is 11.7. The largest absolute Gasteiger partial charge is 0.437 e. The molecular weight excluding hydrogens is 428 g/mol. The van der Waals surface area contributed by atoms with E-state index in [1.807, 2.05) is 36.1 Å². The standard InChI is InChI=1S/C26H24N6O2/c1-18-5-2-3-7-24(18)34-25-15-27-14-23(31-25)20-6-4-10-32(16-20)26(33)19-8-9-30-22(11-19)21-12-28-17-29-13-21/h2-3,5,7-9,11-15,17,20H,4,6,10,16H2,1H3/t20-/m0/s1. The van der Waals surface area contributed by atoms with Gasteiger partial charge >= 0.3 is 0 Å². The highest BCUT2D eigenvalue weighted by molar-refractivity contribution is 5.95. The molecule has 170 valence electrons. The van der Waals surface area contributed by atoms with Gasteiger partial charge in [0.1, 0.15) is 12.1 Å². The molecule has 8 heteroatoms. The number of pyridine rings is 1. The number of carbonyl (C=O) groups is 1. The normalized spacial score (nSPS) is 15.7. The first-order valence-electron chi connectivity index (χ1n) is 11.2. The Bertz CT molecular complexity index is 1300. The number of carbonyl (C=O) groups excluding carboxylic acids is 1. The molecule has 1 atom stereocenters. The molecule has 0 aliphatic carbocycles. The zero-order valence-electron chi connectivity index (χ0n) is 18.8. The van der Waals surface area contributed by atoms with E-state index in [4.69, 9.17) is 9.72 Å². The maximum atomic E-state index is 13.3. The predicted molar refractivity (Wildman–Crippen MR) is 126 cm³/mol. The van der Waals surface area contributed by atoms with E-state index >= 15 is 0 Å². The maximum absolute atomic E-state index is 13.3. The van der Waals surface area contributed by atoms with Gasteiger partial charge in [-0.1, -0.05) is 18.2 Å². The van der Waals surface area contributed by atoms with Crippen LogP contribution in [0.4, 0.5) is 0 Å². The Morgan fingerprint density at radius 2 is 1.91 bits per heavy atom. The fourth-order valence-corrected chi connectivity index (χ4v) is 4.13. The molecule has 1 saturated heterocycles. The second-order valence-corrected chi connectivity index (χ2v) is 8.30. The number of hydrogen-bond donors (Lipinski definition) is 0. The van der Waals surface area contributed by atoms with Crippen LogP contribution in [0.2, 0.25) is 0 Å². The molecule has 1 aromatic carbocycles. The minimum absolute atomic E-state index is 0.0227. The van der Waals surface area contributed by atoms with Crippen molar-refractivity contribution in [2.45, 2.75) is 25.7 Å². The molecule has 3 aromatic heterocycles. The third-order valence-electron chi connectivity index (χ3n) is 5.93. The smallest absolute Gasteiger partial charge is 0.254 e. The minimum Gasteiger partial charge on any atom is -0.437 e. The Morgan fingerprint density at radius 1 is 1.06 bits per heavy atom. The molecular formula is C26H24N6O2. The van der Waals surface area contributed by atoms with E-state index in [2.05, 4.69) is 19.9 Å². The molecule has 0 radical (unpaired) electrons. The number of rotatable bonds is 5. The van der Waals surface area contributed by atoms with Crippen LogP contribution in [0.3, 0.4) is 0 Å². The van der Waals surface area contributed by atoms with Gasteiger partial charge in [-0.3, -0.25) is 14.8 Å². The average molecular weight is 453 g/mol. The van der Waals surface area contributed by atoms with Crippen molar-refractivity contribution in [2.75, 3.05) is 13.1 Å². The molecule has 0 spiro atoms. The first kappa shape index (κ1) is 21.6. The van der Waals surface area contributed by atoms with E-state index < -0.39 is 0 Å². The molecule has 34 heavy (non-hydrogen) atoms. The topological polar surface area (TPSA) is 94.0 Å². The Morgan fingerprint density at radius 3 is 2.76 bits per heavy atom. The van der Waals surface area contributed by atoms with Crippen LogP contribution in [0.1, 0.15) is 40.4 Å². The van der Waals surface area contributed by atoms with Crippen LogP contribution < -0.4 is 4.74 Å². The summed E-state index contributed by atoms with van der Waals surface area (Å²) in [4.78, 5) is 36.7. The van der Waals surface area contributed by atoms with Crippen LogP contribution in [0, 0.1) is 6.92 Å². The Labute approximate surface area is 197 Å². The van der Waals surface area contributed by atoms with Crippen molar-refractivity contribution in [1.82, 2.24) is 29.8 Å². The number of ether oxygens (including phenoxy) is 1. The number of aryl methyl sites for hydroxylation is 1. The van der Waals surface area contributed by atoms with Crippen molar-refractivity contribution in [3.05, 3.63) is 90.5 Å². The SMILES string of the molecule is Cc1ccccc1Oc1cncc([C@H]2CCCN(C(=O)c3ccnc(-c4cncnc4)c3)C2)n1. The molecule has 4 aromatic rings. The third kappa shape index (κ3) is 4.76. The number of nitrogens with zero attached hydrogens (tertiary/aromatic N) is 6. The number of piperidine rings is 1. The van der Waals surface area contributed by atoms with Gasteiger partial charge in [-0.2, -0.15) is 0 Å². The Kier molecular flexibility index (Phi) is 6.20. The Balaban J connectivity index is 1.32. The first-order chi connectivity index (χ1) is 16.7. The summed E-state index contributed by atoms with van der Waals surface area (Å²) in [5, 5.41) is 0. The second kappa shape index (κ2) is 9.74. The number of aromatic nitrogens is 5. The maximum Gasteiger partial charge on any atom is 0.254 e. The zero-order chi connectivity index (χ0) is 23.3. The molecule has 0 N–H and O–H groups in total. The van der Waals surface area contributed by atoms with Gasteiger partial charge in [0.15, 0.2) is 0 Å². The summed E-state index contributed by atoms with van der Waals surface area (Å²) < 4.78 is 5.97. The van der Waals surface area contributed by atoms with Gasteiger partial charge < -0.3 is 9.64 Å². The molecule has 0 saturated carbocycles. The van der Waals surface area contributed by atoms with Gasteiger partial charge in [0.05, 0.1) is 17.6 Å². The summed E-state index contributed by atoms with van der Waals surface area (Å²) in [6.45, 7) is 3.27. The summed E-state index contributed by atoms with van der Waals surface area (Å²) in [7, 11) is 0. The average Bonchev–Trinajstić information content (AvgIpc) is 2.90. The lowest BCUT2D eigenvalue weighted by atomic mass is 9.94. The number of para-hydroxylation sites is 1. The minimum atomic E-state index is -0.0227. The summed E-state index contributed by atoms with van der Waals surface area (Å²) in [5.74, 6) is 1.28.